The molecule has 84 valence electrons. The molecule has 2 heterocycles. The Balaban J connectivity index is 1.98. The molecule has 3 rings (SSSR count). The molecule has 1 saturated carbocycles. The maximum absolute atomic E-state index is 11.2. The average Bonchev–Trinajstić information content (AvgIpc) is 3.07. The molecule has 0 aromatic carbocycles. The van der Waals surface area contributed by atoms with Crippen molar-refractivity contribution < 1.29 is 4.79 Å². The van der Waals surface area contributed by atoms with Crippen molar-refractivity contribution in [1.82, 2.24) is 4.90 Å². The fourth-order valence-electron chi connectivity index (χ4n) is 2.08. The lowest BCUT2D eigenvalue weighted by Gasteiger charge is -2.29. The van der Waals surface area contributed by atoms with Crippen molar-refractivity contribution in [3.05, 3.63) is 23.3 Å². The molecule has 0 atom stereocenters. The molecule has 4 nitrogen and oxygen atoms in total. The Hall–Kier alpha value is -1.23. The van der Waals surface area contributed by atoms with Crippen LogP contribution >= 0.6 is 11.8 Å². The lowest BCUT2D eigenvalue weighted by molar-refractivity contribution is -0.114. The van der Waals surface area contributed by atoms with Gasteiger partial charge < -0.3 is 10.6 Å². The highest BCUT2D eigenvalue weighted by molar-refractivity contribution is 8.04. The molecule has 0 bridgehead atoms. The lowest BCUT2D eigenvalue weighted by atomic mass is 10.2. The number of primary amides is 1. The number of amides is 1. The molecule has 0 saturated heterocycles. The zero-order chi connectivity index (χ0) is 11.2. The normalized spacial score (nSPS) is 25.6. The molecule has 2 aliphatic heterocycles. The van der Waals surface area contributed by atoms with Gasteiger partial charge in [0.25, 0.3) is 5.91 Å². The highest BCUT2D eigenvalue weighted by Gasteiger charge is 2.51. The molecule has 5 heteroatoms. The molecule has 3 aliphatic rings. The Bertz CT molecular complexity index is 435. The summed E-state index contributed by atoms with van der Waals surface area (Å²) in [6.45, 7) is 1.61. The number of amidine groups is 1. The maximum Gasteiger partial charge on any atom is 0.267 e. The monoisotopic (exact) mass is 235 g/mol. The summed E-state index contributed by atoms with van der Waals surface area (Å²) in [4.78, 5) is 17.8. The number of thioether (sulfide) groups is 1. The van der Waals surface area contributed by atoms with Gasteiger partial charge in [-0.15, -0.1) is 11.8 Å². The molecule has 0 aromatic heterocycles. The number of hydrogen-bond acceptors (Lipinski definition) is 4. The summed E-state index contributed by atoms with van der Waals surface area (Å²) in [5.74, 6) is 0.615. The van der Waals surface area contributed by atoms with E-state index in [4.69, 9.17) is 5.73 Å². The summed E-state index contributed by atoms with van der Waals surface area (Å²) in [5.41, 5.74) is 5.70. The molecule has 16 heavy (non-hydrogen) atoms. The van der Waals surface area contributed by atoms with Crippen molar-refractivity contribution >= 4 is 23.5 Å². The first-order valence-corrected chi connectivity index (χ1v) is 6.26. The zero-order valence-corrected chi connectivity index (χ0v) is 9.67. The Morgan fingerprint density at radius 2 is 2.31 bits per heavy atom. The van der Waals surface area contributed by atoms with E-state index in [1.54, 1.807) is 0 Å². The second-order valence-corrected chi connectivity index (χ2v) is 5.57. The van der Waals surface area contributed by atoms with E-state index in [0.717, 1.165) is 31.8 Å². The summed E-state index contributed by atoms with van der Waals surface area (Å²) in [7, 11) is 0. The molecule has 0 radical (unpaired) electrons. The third-order valence-corrected chi connectivity index (χ3v) is 4.48. The van der Waals surface area contributed by atoms with Gasteiger partial charge in [-0.25, -0.2) is 4.99 Å². The second-order valence-electron chi connectivity index (χ2n) is 4.28. The molecular weight excluding hydrogens is 222 g/mol. The highest BCUT2D eigenvalue weighted by atomic mass is 32.2. The van der Waals surface area contributed by atoms with E-state index in [2.05, 4.69) is 21.4 Å². The lowest BCUT2D eigenvalue weighted by Crippen LogP contribution is -2.41. The molecule has 1 fully saturated rings. The summed E-state index contributed by atoms with van der Waals surface area (Å²) >= 11 is 1.82. The number of carbonyl (C=O) groups excluding carboxylic acids is 1. The Morgan fingerprint density at radius 1 is 1.50 bits per heavy atom. The largest absolute Gasteiger partial charge is 0.364 e. The van der Waals surface area contributed by atoms with E-state index < -0.39 is 5.91 Å². The standard InChI is InChI=1S/C11H13N3OS/c12-9(15)8-2-6-14-5-1-7-16-11(3-4-11)10(14)13-8/h1-2,7H,3-6H2,(H2,12,15). The van der Waals surface area contributed by atoms with Gasteiger partial charge in [-0.2, -0.15) is 0 Å². The number of carbonyl (C=O) groups is 1. The number of rotatable bonds is 1. The summed E-state index contributed by atoms with van der Waals surface area (Å²) in [6.07, 6.45) is 6.24. The molecule has 1 amide bonds. The molecular formula is C11H13N3OS. The van der Waals surface area contributed by atoms with E-state index in [1.165, 1.54) is 0 Å². The van der Waals surface area contributed by atoms with Gasteiger partial charge in [0.2, 0.25) is 0 Å². The third kappa shape index (κ3) is 1.46. The topological polar surface area (TPSA) is 58.7 Å². The quantitative estimate of drug-likeness (QED) is 0.733. The predicted octanol–water partition coefficient (Wildman–Crippen LogP) is 0.863. The predicted molar refractivity (Wildman–Crippen MR) is 65.0 cm³/mol. The van der Waals surface area contributed by atoms with Gasteiger partial charge in [0.1, 0.15) is 11.5 Å². The first-order valence-electron chi connectivity index (χ1n) is 5.38. The third-order valence-electron chi connectivity index (χ3n) is 3.11. The van der Waals surface area contributed by atoms with Crippen LogP contribution in [0.15, 0.2) is 28.2 Å². The van der Waals surface area contributed by atoms with Crippen LogP contribution < -0.4 is 5.73 Å². The van der Waals surface area contributed by atoms with Gasteiger partial charge in [0.05, 0.1) is 4.75 Å². The first-order chi connectivity index (χ1) is 7.71. The fraction of sp³-hybridized carbons (Fsp3) is 0.455. The number of nitrogens with two attached hydrogens (primary N) is 1. The van der Waals surface area contributed by atoms with Crippen LogP contribution in [0.2, 0.25) is 0 Å². The van der Waals surface area contributed by atoms with Crippen LogP contribution in [0, 0.1) is 0 Å². The minimum Gasteiger partial charge on any atom is -0.364 e. The van der Waals surface area contributed by atoms with E-state index in [-0.39, 0.29) is 4.75 Å². The van der Waals surface area contributed by atoms with Gasteiger partial charge >= 0.3 is 0 Å². The number of aliphatic imine (C=N–C) groups is 1. The summed E-state index contributed by atoms with van der Waals surface area (Å²) in [5, 5.41) is 2.15. The van der Waals surface area contributed by atoms with Crippen LogP contribution in [0.1, 0.15) is 12.8 Å². The van der Waals surface area contributed by atoms with Crippen LogP contribution in [0.4, 0.5) is 0 Å². The van der Waals surface area contributed by atoms with Gasteiger partial charge in [0.15, 0.2) is 0 Å². The molecule has 2 N–H and O–H groups in total. The SMILES string of the molecule is NC(=O)C1=CCN2CC=CSC3(CC3)C2=N1. The minimum atomic E-state index is -0.426. The molecule has 1 aliphatic carbocycles. The van der Waals surface area contributed by atoms with Crippen LogP contribution in [-0.2, 0) is 4.79 Å². The van der Waals surface area contributed by atoms with E-state index >= 15 is 0 Å². The number of nitrogens with zero attached hydrogens (tertiary/aromatic N) is 2. The molecule has 0 aromatic rings. The first kappa shape index (κ1) is 9.96. The molecule has 0 unspecified atom stereocenters. The fourth-order valence-corrected chi connectivity index (χ4v) is 3.14. The Morgan fingerprint density at radius 3 is 3.00 bits per heavy atom. The van der Waals surface area contributed by atoms with Gasteiger partial charge in [-0.1, -0.05) is 6.08 Å². The van der Waals surface area contributed by atoms with Crippen LogP contribution in [0.25, 0.3) is 0 Å². The summed E-state index contributed by atoms with van der Waals surface area (Å²) < 4.78 is 0.127. The number of fused-ring (bicyclic) bond motifs is 2. The number of hydrogen-bond donors (Lipinski definition) is 1. The maximum atomic E-state index is 11.2. The smallest absolute Gasteiger partial charge is 0.267 e. The van der Waals surface area contributed by atoms with Crippen molar-refractivity contribution in [2.45, 2.75) is 17.6 Å². The van der Waals surface area contributed by atoms with Crippen LogP contribution in [-0.4, -0.2) is 34.5 Å². The van der Waals surface area contributed by atoms with Crippen molar-refractivity contribution in [2.24, 2.45) is 10.7 Å². The van der Waals surface area contributed by atoms with E-state index in [9.17, 15) is 4.79 Å². The van der Waals surface area contributed by atoms with Crippen molar-refractivity contribution in [3.8, 4) is 0 Å². The van der Waals surface area contributed by atoms with Gasteiger partial charge in [-0.05, 0) is 24.3 Å². The van der Waals surface area contributed by atoms with Gasteiger partial charge in [0, 0.05) is 13.1 Å². The van der Waals surface area contributed by atoms with Crippen molar-refractivity contribution in [2.75, 3.05) is 13.1 Å². The molecule has 1 spiro atoms. The van der Waals surface area contributed by atoms with Crippen LogP contribution in [0.5, 0.6) is 0 Å². The average molecular weight is 235 g/mol. The van der Waals surface area contributed by atoms with Crippen molar-refractivity contribution in [3.63, 3.8) is 0 Å². The van der Waals surface area contributed by atoms with Gasteiger partial charge in [-0.3, -0.25) is 4.79 Å². The zero-order valence-electron chi connectivity index (χ0n) is 8.85. The Kier molecular flexibility index (Phi) is 2.10. The second kappa shape index (κ2) is 3.38. The minimum absolute atomic E-state index is 0.127. The van der Waals surface area contributed by atoms with E-state index in [1.807, 2.05) is 17.8 Å². The van der Waals surface area contributed by atoms with Crippen molar-refractivity contribution in [1.29, 1.82) is 0 Å². The summed E-state index contributed by atoms with van der Waals surface area (Å²) in [6, 6.07) is 0. The highest BCUT2D eigenvalue weighted by Crippen LogP contribution is 2.52. The Labute approximate surface area is 98.3 Å². The van der Waals surface area contributed by atoms with Crippen LogP contribution in [0.3, 0.4) is 0 Å². The van der Waals surface area contributed by atoms with E-state index in [0.29, 0.717) is 5.70 Å².